The number of primary sulfonamides is 1. The van der Waals surface area contributed by atoms with E-state index in [1.54, 1.807) is 6.92 Å². The van der Waals surface area contributed by atoms with Crippen molar-refractivity contribution in [1.29, 1.82) is 0 Å². The molecule has 0 heterocycles. The Morgan fingerprint density at radius 3 is 2.37 bits per heavy atom. The summed E-state index contributed by atoms with van der Waals surface area (Å²) in [7, 11) is -3.75. The molecular formula is C13H23N3O2S. The van der Waals surface area contributed by atoms with E-state index in [9.17, 15) is 8.42 Å². The highest BCUT2D eigenvalue weighted by Gasteiger charge is 2.18. The van der Waals surface area contributed by atoms with Crippen LogP contribution in [0.25, 0.3) is 0 Å². The van der Waals surface area contributed by atoms with Crippen molar-refractivity contribution in [3.8, 4) is 0 Å². The Morgan fingerprint density at radius 2 is 1.89 bits per heavy atom. The lowest BCUT2D eigenvalue weighted by molar-refractivity contribution is 0.597. The van der Waals surface area contributed by atoms with Crippen LogP contribution < -0.4 is 15.8 Å². The Balaban J connectivity index is 3.31. The molecule has 6 heteroatoms. The Labute approximate surface area is 115 Å². The van der Waals surface area contributed by atoms with Crippen molar-refractivity contribution >= 4 is 21.4 Å². The van der Waals surface area contributed by atoms with Crippen molar-refractivity contribution in [2.45, 2.75) is 38.5 Å². The number of benzene rings is 1. The fourth-order valence-electron chi connectivity index (χ4n) is 2.12. The van der Waals surface area contributed by atoms with E-state index < -0.39 is 10.0 Å². The van der Waals surface area contributed by atoms with Gasteiger partial charge >= 0.3 is 0 Å². The topological polar surface area (TPSA) is 89.4 Å². The van der Waals surface area contributed by atoms with E-state index in [-0.39, 0.29) is 4.90 Å². The summed E-state index contributed by atoms with van der Waals surface area (Å²) in [6.45, 7) is 7.60. The van der Waals surface area contributed by atoms with E-state index >= 15 is 0 Å². The molecule has 0 radical (unpaired) electrons. The standard InChI is InChI=1S/C13H23N3O2S/c1-4-6-7-16(5-2)12-8-11(14)9-13(10(12)3)19(15,17)18/h8-9H,4-7,14H2,1-3H3,(H2,15,17,18). The lowest BCUT2D eigenvalue weighted by Crippen LogP contribution is -2.26. The lowest BCUT2D eigenvalue weighted by atomic mass is 10.1. The van der Waals surface area contributed by atoms with Crippen LogP contribution in [0.15, 0.2) is 17.0 Å². The molecule has 5 nitrogen and oxygen atoms in total. The lowest BCUT2D eigenvalue weighted by Gasteiger charge is -2.26. The van der Waals surface area contributed by atoms with Gasteiger partial charge in [0.15, 0.2) is 0 Å². The first-order valence-electron chi connectivity index (χ1n) is 6.49. The van der Waals surface area contributed by atoms with E-state index in [0.29, 0.717) is 11.3 Å². The molecule has 108 valence electrons. The smallest absolute Gasteiger partial charge is 0.238 e. The molecule has 0 saturated carbocycles. The fourth-order valence-corrected chi connectivity index (χ4v) is 2.95. The summed E-state index contributed by atoms with van der Waals surface area (Å²) in [5.74, 6) is 0. The number of hydrogen-bond acceptors (Lipinski definition) is 4. The van der Waals surface area contributed by atoms with Crippen LogP contribution in [0.2, 0.25) is 0 Å². The van der Waals surface area contributed by atoms with Gasteiger partial charge in [0.25, 0.3) is 0 Å². The molecule has 0 amide bonds. The van der Waals surface area contributed by atoms with Gasteiger partial charge in [0.05, 0.1) is 4.90 Å². The molecule has 1 aromatic carbocycles. The highest BCUT2D eigenvalue weighted by Crippen LogP contribution is 2.29. The average Bonchev–Trinajstić information content (AvgIpc) is 2.32. The number of sulfonamides is 1. The summed E-state index contributed by atoms with van der Waals surface area (Å²) >= 11 is 0. The number of anilines is 2. The van der Waals surface area contributed by atoms with Gasteiger partial charge in [0, 0.05) is 24.5 Å². The van der Waals surface area contributed by atoms with E-state index in [2.05, 4.69) is 11.8 Å². The maximum Gasteiger partial charge on any atom is 0.238 e. The predicted octanol–water partition coefficient (Wildman–Crippen LogP) is 1.85. The Hall–Kier alpha value is -1.27. The first-order valence-corrected chi connectivity index (χ1v) is 8.03. The van der Waals surface area contributed by atoms with E-state index in [1.807, 2.05) is 13.0 Å². The largest absolute Gasteiger partial charge is 0.399 e. The molecule has 0 aliphatic carbocycles. The molecule has 0 fully saturated rings. The average molecular weight is 285 g/mol. The highest BCUT2D eigenvalue weighted by molar-refractivity contribution is 7.89. The van der Waals surface area contributed by atoms with Gasteiger partial charge in [-0.3, -0.25) is 0 Å². The molecule has 1 aromatic rings. The van der Waals surface area contributed by atoms with Gasteiger partial charge in [-0.1, -0.05) is 13.3 Å². The minimum Gasteiger partial charge on any atom is -0.399 e. The Bertz CT molecular complexity index is 541. The van der Waals surface area contributed by atoms with Crippen LogP contribution in [0.3, 0.4) is 0 Å². The number of nitrogen functional groups attached to an aromatic ring is 1. The second kappa shape index (κ2) is 6.25. The number of nitrogens with zero attached hydrogens (tertiary/aromatic N) is 1. The molecule has 0 atom stereocenters. The number of rotatable bonds is 6. The molecule has 0 unspecified atom stereocenters. The zero-order valence-electron chi connectivity index (χ0n) is 11.8. The third-order valence-corrected chi connectivity index (χ3v) is 4.20. The van der Waals surface area contributed by atoms with Gasteiger partial charge in [-0.05, 0) is 38.0 Å². The molecule has 0 saturated heterocycles. The predicted molar refractivity (Wildman–Crippen MR) is 79.8 cm³/mol. The van der Waals surface area contributed by atoms with E-state index in [0.717, 1.165) is 31.6 Å². The quantitative estimate of drug-likeness (QED) is 0.781. The number of unbranched alkanes of at least 4 members (excludes halogenated alkanes) is 1. The van der Waals surface area contributed by atoms with Crippen molar-refractivity contribution in [3.05, 3.63) is 17.7 Å². The van der Waals surface area contributed by atoms with Crippen molar-refractivity contribution in [2.75, 3.05) is 23.7 Å². The molecule has 0 aromatic heterocycles. The summed E-state index contributed by atoms with van der Waals surface area (Å²) in [4.78, 5) is 2.24. The molecule has 1 rings (SSSR count). The minimum absolute atomic E-state index is 0.109. The number of hydrogen-bond donors (Lipinski definition) is 2. The first kappa shape index (κ1) is 15.8. The van der Waals surface area contributed by atoms with Crippen molar-refractivity contribution in [3.63, 3.8) is 0 Å². The van der Waals surface area contributed by atoms with Crippen molar-refractivity contribution in [1.82, 2.24) is 0 Å². The molecule has 0 aliphatic rings. The Morgan fingerprint density at radius 1 is 1.26 bits per heavy atom. The van der Waals surface area contributed by atoms with Crippen LogP contribution in [-0.2, 0) is 10.0 Å². The van der Waals surface area contributed by atoms with Gasteiger partial charge in [0.1, 0.15) is 0 Å². The molecule has 19 heavy (non-hydrogen) atoms. The second-order valence-electron chi connectivity index (χ2n) is 4.64. The van der Waals surface area contributed by atoms with Crippen LogP contribution in [-0.4, -0.2) is 21.5 Å². The van der Waals surface area contributed by atoms with Crippen molar-refractivity contribution in [2.24, 2.45) is 5.14 Å². The van der Waals surface area contributed by atoms with Crippen LogP contribution in [0.5, 0.6) is 0 Å². The molecule has 0 bridgehead atoms. The van der Waals surface area contributed by atoms with Crippen LogP contribution in [0, 0.1) is 6.92 Å². The summed E-state index contributed by atoms with van der Waals surface area (Å²) in [6.07, 6.45) is 2.13. The second-order valence-corrected chi connectivity index (χ2v) is 6.17. The Kier molecular flexibility index (Phi) is 5.20. The van der Waals surface area contributed by atoms with Gasteiger partial charge in [-0.25, -0.2) is 13.6 Å². The fraction of sp³-hybridized carbons (Fsp3) is 0.538. The zero-order chi connectivity index (χ0) is 14.6. The summed E-state index contributed by atoms with van der Waals surface area (Å²) < 4.78 is 23.2. The normalized spacial score (nSPS) is 11.6. The summed E-state index contributed by atoms with van der Waals surface area (Å²) in [6, 6.07) is 3.23. The zero-order valence-corrected chi connectivity index (χ0v) is 12.6. The third-order valence-electron chi connectivity index (χ3n) is 3.17. The number of nitrogens with two attached hydrogens (primary N) is 2. The monoisotopic (exact) mass is 285 g/mol. The van der Waals surface area contributed by atoms with Crippen LogP contribution in [0.4, 0.5) is 11.4 Å². The van der Waals surface area contributed by atoms with Gasteiger partial charge in [0.2, 0.25) is 10.0 Å². The van der Waals surface area contributed by atoms with Gasteiger partial charge in [-0.2, -0.15) is 0 Å². The molecule has 4 N–H and O–H groups in total. The summed E-state index contributed by atoms with van der Waals surface area (Å²) in [5, 5.41) is 5.24. The van der Waals surface area contributed by atoms with Gasteiger partial charge in [-0.15, -0.1) is 0 Å². The minimum atomic E-state index is -3.75. The third kappa shape index (κ3) is 3.84. The van der Waals surface area contributed by atoms with Gasteiger partial charge < -0.3 is 10.6 Å². The highest BCUT2D eigenvalue weighted by atomic mass is 32.2. The van der Waals surface area contributed by atoms with E-state index in [1.165, 1.54) is 6.07 Å². The maximum atomic E-state index is 11.6. The first-order chi connectivity index (χ1) is 8.81. The van der Waals surface area contributed by atoms with E-state index in [4.69, 9.17) is 10.9 Å². The summed E-state index contributed by atoms with van der Waals surface area (Å²) in [5.41, 5.74) is 7.72. The van der Waals surface area contributed by atoms with Crippen LogP contribution in [0.1, 0.15) is 32.3 Å². The maximum absolute atomic E-state index is 11.6. The molecule has 0 spiro atoms. The molecule has 0 aliphatic heterocycles. The van der Waals surface area contributed by atoms with Crippen molar-refractivity contribution < 1.29 is 8.42 Å². The van der Waals surface area contributed by atoms with Crippen LogP contribution >= 0.6 is 0 Å². The molecular weight excluding hydrogens is 262 g/mol. The SMILES string of the molecule is CCCCN(CC)c1cc(N)cc(S(N)(=O)=O)c1C.